The van der Waals surface area contributed by atoms with Gasteiger partial charge in [0.25, 0.3) is 0 Å². The maximum absolute atomic E-state index is 8.25. The summed E-state index contributed by atoms with van der Waals surface area (Å²) in [7, 11) is 1.75. The Labute approximate surface area is 165 Å². The van der Waals surface area contributed by atoms with Crippen LogP contribution in [0.1, 0.15) is 79.1 Å². The zero-order chi connectivity index (χ0) is 14.8. The van der Waals surface area contributed by atoms with Crippen molar-refractivity contribution in [3.63, 3.8) is 0 Å². The predicted octanol–water partition coefficient (Wildman–Crippen LogP) is 1.01. The van der Waals surface area contributed by atoms with Crippen LogP contribution in [-0.4, -0.2) is 19.3 Å². The average molecular weight is 301 g/mol. The van der Waals surface area contributed by atoms with Gasteiger partial charge < -0.3 is 10.2 Å². The van der Waals surface area contributed by atoms with Gasteiger partial charge in [0.1, 0.15) is 0 Å². The van der Waals surface area contributed by atoms with E-state index in [1.165, 1.54) is 51.4 Å². The first-order chi connectivity index (χ1) is 8.86. The summed E-state index contributed by atoms with van der Waals surface area (Å²) >= 11 is 0. The molecule has 0 amide bonds. The standard InChI is InChI=1S/C12H24.C2H6.CH4O.CH3O.K/c1-3-11(4-2)9-10-12-7-5-6-8-12;3*1-2;/h11-12H,3-10H2,1-2H3;1-2H3;2H,1H3;1H3;/q;;;-1;+1. The van der Waals surface area contributed by atoms with Crippen LogP contribution in [0.5, 0.6) is 0 Å². The number of rotatable bonds is 5. The molecule has 1 aliphatic rings. The van der Waals surface area contributed by atoms with Crippen molar-refractivity contribution >= 4 is 0 Å². The van der Waals surface area contributed by atoms with E-state index in [1.54, 1.807) is 0 Å². The first-order valence-corrected chi connectivity index (χ1v) is 7.72. The van der Waals surface area contributed by atoms with Crippen molar-refractivity contribution in [2.75, 3.05) is 14.2 Å². The molecule has 0 atom stereocenters. The van der Waals surface area contributed by atoms with Gasteiger partial charge in [0.15, 0.2) is 0 Å². The third kappa shape index (κ3) is 19.6. The zero-order valence-corrected chi connectivity index (χ0v) is 17.8. The summed E-state index contributed by atoms with van der Waals surface area (Å²) < 4.78 is 0. The van der Waals surface area contributed by atoms with E-state index in [4.69, 9.17) is 10.2 Å². The summed E-state index contributed by atoms with van der Waals surface area (Å²) in [6.45, 7) is 8.67. The van der Waals surface area contributed by atoms with E-state index in [0.717, 1.165) is 26.1 Å². The molecule has 0 bridgehead atoms. The van der Waals surface area contributed by atoms with Gasteiger partial charge in [-0.05, 0) is 11.8 Å². The minimum Gasteiger partial charge on any atom is -0.857 e. The van der Waals surface area contributed by atoms with Crippen LogP contribution in [0, 0.1) is 11.8 Å². The molecule has 0 aromatic rings. The van der Waals surface area contributed by atoms with Gasteiger partial charge in [0.05, 0.1) is 0 Å². The van der Waals surface area contributed by atoms with Gasteiger partial charge in [-0.2, -0.15) is 7.11 Å². The molecular weight excluding hydrogens is 263 g/mol. The van der Waals surface area contributed by atoms with Crippen LogP contribution in [-0.2, 0) is 0 Å². The minimum atomic E-state index is 0. The van der Waals surface area contributed by atoms with Crippen LogP contribution in [0.4, 0.5) is 0 Å². The minimum absolute atomic E-state index is 0. The van der Waals surface area contributed by atoms with E-state index in [9.17, 15) is 0 Å². The first kappa shape index (κ1) is 28.7. The molecule has 3 heteroatoms. The van der Waals surface area contributed by atoms with Gasteiger partial charge in [0.2, 0.25) is 0 Å². The van der Waals surface area contributed by atoms with Crippen molar-refractivity contribution in [3.05, 3.63) is 0 Å². The van der Waals surface area contributed by atoms with Gasteiger partial charge in [-0.3, -0.25) is 0 Å². The molecule has 114 valence electrons. The smallest absolute Gasteiger partial charge is 0.857 e. The van der Waals surface area contributed by atoms with E-state index < -0.39 is 0 Å². The number of aliphatic hydroxyl groups is 1. The van der Waals surface area contributed by atoms with Crippen LogP contribution in [0.25, 0.3) is 0 Å². The van der Waals surface area contributed by atoms with E-state index in [-0.39, 0.29) is 51.4 Å². The molecule has 0 spiro atoms. The van der Waals surface area contributed by atoms with Crippen LogP contribution >= 0.6 is 0 Å². The molecule has 0 unspecified atom stereocenters. The van der Waals surface area contributed by atoms with Crippen molar-refractivity contribution in [1.29, 1.82) is 0 Å². The van der Waals surface area contributed by atoms with Crippen molar-refractivity contribution in [1.82, 2.24) is 0 Å². The van der Waals surface area contributed by atoms with E-state index in [1.807, 2.05) is 13.8 Å². The Morgan fingerprint density at radius 1 is 1.00 bits per heavy atom. The third-order valence-corrected chi connectivity index (χ3v) is 3.61. The Morgan fingerprint density at radius 3 is 1.68 bits per heavy atom. The molecular formula is C16H37KO2. The summed E-state index contributed by atoms with van der Waals surface area (Å²) in [5, 5.41) is 15.2. The molecule has 0 heterocycles. The predicted molar refractivity (Wildman–Crippen MR) is 80.7 cm³/mol. The molecule has 1 rings (SSSR count). The van der Waals surface area contributed by atoms with Crippen molar-refractivity contribution < 1.29 is 61.6 Å². The van der Waals surface area contributed by atoms with Gasteiger partial charge in [-0.15, -0.1) is 0 Å². The zero-order valence-electron chi connectivity index (χ0n) is 14.7. The number of hydrogen-bond donors (Lipinski definition) is 1. The molecule has 1 N–H and O–H groups in total. The van der Waals surface area contributed by atoms with Gasteiger partial charge >= 0.3 is 51.4 Å². The van der Waals surface area contributed by atoms with Crippen LogP contribution in [0.2, 0.25) is 0 Å². The fraction of sp³-hybridized carbons (Fsp3) is 1.00. The summed E-state index contributed by atoms with van der Waals surface area (Å²) in [6, 6.07) is 0. The normalized spacial score (nSPS) is 13.1. The first-order valence-electron chi connectivity index (χ1n) is 7.72. The molecule has 1 fully saturated rings. The Bertz CT molecular complexity index is 109. The Hall–Kier alpha value is 1.56. The van der Waals surface area contributed by atoms with E-state index in [0.29, 0.717) is 0 Å². The Kier molecular flexibility index (Phi) is 42.0. The molecule has 0 aromatic heterocycles. The second-order valence-corrected chi connectivity index (χ2v) is 4.41. The maximum atomic E-state index is 8.25. The van der Waals surface area contributed by atoms with E-state index in [2.05, 4.69) is 13.8 Å². The summed E-state index contributed by atoms with van der Waals surface area (Å²) in [4.78, 5) is 0. The maximum Gasteiger partial charge on any atom is 1.00 e. The summed E-state index contributed by atoms with van der Waals surface area (Å²) in [5.74, 6) is 2.12. The molecule has 0 saturated heterocycles. The van der Waals surface area contributed by atoms with Gasteiger partial charge in [-0.25, -0.2) is 0 Å². The summed E-state index contributed by atoms with van der Waals surface area (Å²) in [5.41, 5.74) is 0. The van der Waals surface area contributed by atoms with Crippen molar-refractivity contribution in [2.45, 2.75) is 79.1 Å². The molecule has 0 radical (unpaired) electrons. The summed E-state index contributed by atoms with van der Waals surface area (Å²) in [6.07, 6.45) is 11.9. The third-order valence-electron chi connectivity index (χ3n) is 3.61. The Morgan fingerprint density at radius 2 is 1.37 bits per heavy atom. The largest absolute Gasteiger partial charge is 1.00 e. The van der Waals surface area contributed by atoms with E-state index >= 15 is 0 Å². The SMILES string of the molecule is CC.CCC(CC)CCC1CCCC1.CO.C[O-].[K+]. The fourth-order valence-corrected chi connectivity index (χ4v) is 2.47. The molecule has 19 heavy (non-hydrogen) atoms. The molecule has 0 aromatic carbocycles. The Balaban J connectivity index is -0.000000142. The second-order valence-electron chi connectivity index (χ2n) is 4.41. The number of hydrogen-bond acceptors (Lipinski definition) is 2. The fourth-order valence-electron chi connectivity index (χ4n) is 2.47. The van der Waals surface area contributed by atoms with Crippen LogP contribution in [0.15, 0.2) is 0 Å². The number of aliphatic hydroxyl groups excluding tert-OH is 1. The molecule has 2 nitrogen and oxygen atoms in total. The molecule has 0 aliphatic heterocycles. The average Bonchev–Trinajstić information content (AvgIpc) is 3.00. The molecule has 1 saturated carbocycles. The van der Waals surface area contributed by atoms with Crippen molar-refractivity contribution in [3.8, 4) is 0 Å². The van der Waals surface area contributed by atoms with Crippen molar-refractivity contribution in [2.24, 2.45) is 11.8 Å². The quantitative estimate of drug-likeness (QED) is 0.770. The monoisotopic (exact) mass is 300 g/mol. The van der Waals surface area contributed by atoms with Crippen LogP contribution in [0.3, 0.4) is 0 Å². The van der Waals surface area contributed by atoms with Crippen LogP contribution < -0.4 is 56.5 Å². The van der Waals surface area contributed by atoms with Gasteiger partial charge in [-0.1, -0.05) is 79.1 Å². The van der Waals surface area contributed by atoms with Gasteiger partial charge in [0, 0.05) is 7.11 Å². The molecule has 1 aliphatic carbocycles. The second kappa shape index (κ2) is 27.8. The topological polar surface area (TPSA) is 43.3 Å².